The molecule has 2 unspecified atom stereocenters. The molecular weight excluding hydrogens is 493 g/mol. The van der Waals surface area contributed by atoms with Crippen molar-refractivity contribution in [3.63, 3.8) is 0 Å². The zero-order valence-corrected chi connectivity index (χ0v) is 23.0. The predicted octanol–water partition coefficient (Wildman–Crippen LogP) is 7.90. The molecule has 180 valence electrons. The molecule has 0 radical (unpaired) electrons. The Balaban J connectivity index is 0.00000122. The summed E-state index contributed by atoms with van der Waals surface area (Å²) in [5.41, 5.74) is 3.39. The summed E-state index contributed by atoms with van der Waals surface area (Å²) in [5.74, 6) is 0.828. The van der Waals surface area contributed by atoms with Crippen LogP contribution in [0.4, 0.5) is 0 Å². The average molecular weight is 528 g/mol. The molecule has 0 spiro atoms. The number of rotatable bonds is 6. The number of aliphatic imine (C=N–C) groups is 2. The van der Waals surface area contributed by atoms with Crippen molar-refractivity contribution < 1.29 is 13.1 Å². The van der Waals surface area contributed by atoms with E-state index in [4.69, 9.17) is 35.2 Å². The molecule has 0 saturated heterocycles. The van der Waals surface area contributed by atoms with Gasteiger partial charge >= 0.3 is 33.3 Å². The van der Waals surface area contributed by atoms with E-state index in [0.29, 0.717) is 11.8 Å². The van der Waals surface area contributed by atoms with E-state index in [1.54, 1.807) is 0 Å². The van der Waals surface area contributed by atoms with E-state index < -0.39 is 0 Å². The Morgan fingerprint density at radius 1 is 0.818 bits per heavy atom. The van der Waals surface area contributed by atoms with E-state index in [0.717, 1.165) is 35.7 Å². The van der Waals surface area contributed by atoms with E-state index in [-0.39, 0.29) is 24.2 Å². The van der Waals surface area contributed by atoms with Gasteiger partial charge in [-0.05, 0) is 50.7 Å². The number of aromatic nitrogens is 1. The van der Waals surface area contributed by atoms with Gasteiger partial charge in [0.2, 0.25) is 0 Å². The first-order valence-electron chi connectivity index (χ1n) is 11.3. The van der Waals surface area contributed by atoms with Crippen molar-refractivity contribution in [2.75, 3.05) is 0 Å². The molecule has 33 heavy (non-hydrogen) atoms. The number of nitrogens with zero attached hydrogens (tertiary/aromatic N) is 3. The van der Waals surface area contributed by atoms with Crippen LogP contribution in [0.5, 0.6) is 0 Å². The number of halogens is 2. The van der Waals surface area contributed by atoms with Crippen LogP contribution < -0.4 is 0 Å². The number of hydrogen-bond acceptors (Lipinski definition) is 3. The van der Waals surface area contributed by atoms with Crippen LogP contribution in [0.1, 0.15) is 65.8 Å². The monoisotopic (exact) mass is 527 g/mol. The second-order valence-corrected chi connectivity index (χ2v) is 11.0. The third-order valence-corrected chi connectivity index (χ3v) is 6.40. The van der Waals surface area contributed by atoms with Gasteiger partial charge in [-0.2, -0.15) is 0 Å². The number of pyridine rings is 1. The summed E-state index contributed by atoms with van der Waals surface area (Å²) in [7, 11) is 9.53. The van der Waals surface area contributed by atoms with Crippen LogP contribution >= 0.6 is 20.2 Å². The first-order valence-corrected chi connectivity index (χ1v) is 14.4. The van der Waals surface area contributed by atoms with Gasteiger partial charge in [-0.1, -0.05) is 82.4 Å². The first kappa shape index (κ1) is 27.8. The van der Waals surface area contributed by atoms with E-state index in [2.05, 4.69) is 96.2 Å². The first-order chi connectivity index (χ1) is 15.7. The predicted molar refractivity (Wildman–Crippen MR) is 141 cm³/mol. The van der Waals surface area contributed by atoms with Gasteiger partial charge in [0.15, 0.2) is 0 Å². The normalized spacial score (nSPS) is 25.0. The summed E-state index contributed by atoms with van der Waals surface area (Å²) in [5, 5.41) is 0. The van der Waals surface area contributed by atoms with Crippen LogP contribution in [-0.4, -0.2) is 27.5 Å². The van der Waals surface area contributed by atoms with E-state index in [1.165, 1.54) is 0 Å². The Bertz CT molecular complexity index is 902. The molecule has 0 bridgehead atoms. The molecule has 2 aliphatic rings. The quantitative estimate of drug-likeness (QED) is 0.273. The van der Waals surface area contributed by atoms with Crippen LogP contribution in [0.3, 0.4) is 0 Å². The third kappa shape index (κ3) is 7.26. The van der Waals surface area contributed by atoms with Crippen molar-refractivity contribution in [2.45, 2.75) is 65.5 Å². The molecule has 1 aromatic rings. The minimum absolute atomic E-state index is 0.194. The fourth-order valence-electron chi connectivity index (χ4n) is 4.11. The Hall–Kier alpha value is -1.45. The zero-order valence-electron chi connectivity index (χ0n) is 20.4. The summed E-state index contributed by atoms with van der Waals surface area (Å²) >= 11 is 0.194. The van der Waals surface area contributed by atoms with Crippen LogP contribution in [0.2, 0.25) is 0 Å². The van der Waals surface area contributed by atoms with Gasteiger partial charge < -0.3 is 0 Å². The molecule has 2 aliphatic carbocycles. The summed E-state index contributed by atoms with van der Waals surface area (Å²) < 4.78 is 0. The molecule has 3 rings (SSSR count). The van der Waals surface area contributed by atoms with Crippen molar-refractivity contribution >= 4 is 31.6 Å². The number of allylic oxidation sites excluding steroid dienone is 4. The Morgan fingerprint density at radius 2 is 1.21 bits per heavy atom. The second kappa shape index (κ2) is 12.9. The molecule has 0 aliphatic heterocycles. The maximum atomic E-state index is 5.15. The topological polar surface area (TPSA) is 37.6 Å². The minimum atomic E-state index is -0.194. The molecule has 0 fully saturated rings. The van der Waals surface area contributed by atoms with E-state index >= 15 is 0 Å². The summed E-state index contributed by atoms with van der Waals surface area (Å²) in [4.78, 5) is 15.2. The van der Waals surface area contributed by atoms with Crippen molar-refractivity contribution in [1.29, 1.82) is 0 Å². The standard InChI is InChI=1S/C27H35N3.2ClH.Fe/c1-20(2)26(16-9-7-10-17-26)29-22(5)24-14-13-15-25(28-24)23(6)30-27(21(3)4)18-11-8-12-19-27;;;/h7-16,18,20-21H,17,19H2,1-6H3;2*1H;/q;;;+2/p-2. The van der Waals surface area contributed by atoms with Gasteiger partial charge in [0.05, 0.1) is 33.9 Å². The molecule has 1 aromatic heterocycles. The molecule has 2 atom stereocenters. The van der Waals surface area contributed by atoms with Gasteiger partial charge in [-0.15, -0.1) is 0 Å². The molecule has 3 nitrogen and oxygen atoms in total. The summed E-state index contributed by atoms with van der Waals surface area (Å²) in [6, 6.07) is 6.16. The summed E-state index contributed by atoms with van der Waals surface area (Å²) in [6.45, 7) is 13.1. The summed E-state index contributed by atoms with van der Waals surface area (Å²) in [6.07, 6.45) is 19.1. The maximum absolute atomic E-state index is 5.15. The Labute approximate surface area is 214 Å². The molecule has 0 saturated carbocycles. The molecular formula is C27H35Cl2FeN3. The van der Waals surface area contributed by atoms with E-state index in [9.17, 15) is 0 Å². The van der Waals surface area contributed by atoms with Crippen LogP contribution in [-0.2, 0) is 13.1 Å². The van der Waals surface area contributed by atoms with Crippen molar-refractivity contribution in [3.05, 3.63) is 78.2 Å². The molecule has 0 amide bonds. The fraction of sp³-hybridized carbons (Fsp3) is 0.444. The van der Waals surface area contributed by atoms with Gasteiger partial charge in [0.25, 0.3) is 0 Å². The van der Waals surface area contributed by atoms with Gasteiger partial charge in [-0.3, -0.25) is 9.98 Å². The van der Waals surface area contributed by atoms with Crippen molar-refractivity contribution in [2.24, 2.45) is 21.8 Å². The van der Waals surface area contributed by atoms with Gasteiger partial charge in [-0.25, -0.2) is 4.98 Å². The zero-order chi connectivity index (χ0) is 24.5. The Kier molecular flexibility index (Phi) is 10.8. The fourth-order valence-corrected chi connectivity index (χ4v) is 4.11. The van der Waals surface area contributed by atoms with Crippen LogP contribution in [0.25, 0.3) is 0 Å². The molecule has 0 aromatic carbocycles. The number of hydrogen-bond donors (Lipinski definition) is 0. The second-order valence-electron chi connectivity index (χ2n) is 9.13. The van der Waals surface area contributed by atoms with Gasteiger partial charge in [0, 0.05) is 0 Å². The van der Waals surface area contributed by atoms with Crippen molar-refractivity contribution in [3.8, 4) is 0 Å². The van der Waals surface area contributed by atoms with Gasteiger partial charge in [0.1, 0.15) is 0 Å². The van der Waals surface area contributed by atoms with Crippen LogP contribution in [0.15, 0.2) is 76.8 Å². The SMILES string of the molecule is CC(=NC1(C(C)C)C=CC=CC1)c1cccc(C(C)=NC2(C(C)C)C=CC=CC2)n1.[Cl][Fe][Cl]. The third-order valence-electron chi connectivity index (χ3n) is 6.40. The average Bonchev–Trinajstić information content (AvgIpc) is 2.80. The molecule has 6 heteroatoms. The Morgan fingerprint density at radius 3 is 1.52 bits per heavy atom. The van der Waals surface area contributed by atoms with E-state index in [1.807, 2.05) is 12.1 Å². The molecule has 0 N–H and O–H groups in total. The molecule has 1 heterocycles. The van der Waals surface area contributed by atoms with Crippen LogP contribution in [0, 0.1) is 11.8 Å². The van der Waals surface area contributed by atoms with Crippen molar-refractivity contribution in [1.82, 2.24) is 4.98 Å².